The summed E-state index contributed by atoms with van der Waals surface area (Å²) in [6, 6.07) is 4.69. The van der Waals surface area contributed by atoms with Crippen molar-refractivity contribution in [2.24, 2.45) is 0 Å². The SMILES string of the molecule is Cc1ccc(-c2nc(Cn3cnc(S(=O)(=O)N4CCCCC4)c3)no2)cc1F. The fourth-order valence-electron chi connectivity index (χ4n) is 3.12. The number of benzene rings is 1. The lowest BCUT2D eigenvalue weighted by atomic mass is 10.1. The van der Waals surface area contributed by atoms with Gasteiger partial charge in [-0.1, -0.05) is 17.6 Å². The lowest BCUT2D eigenvalue weighted by Crippen LogP contribution is -2.35. The van der Waals surface area contributed by atoms with Gasteiger partial charge in [-0.25, -0.2) is 17.8 Å². The molecule has 0 saturated carbocycles. The van der Waals surface area contributed by atoms with Crippen molar-refractivity contribution in [2.75, 3.05) is 13.1 Å². The van der Waals surface area contributed by atoms with Gasteiger partial charge in [0.05, 0.1) is 12.9 Å². The first-order valence-electron chi connectivity index (χ1n) is 9.04. The van der Waals surface area contributed by atoms with Gasteiger partial charge in [-0.05, 0) is 37.5 Å². The molecule has 1 aromatic carbocycles. The van der Waals surface area contributed by atoms with Gasteiger partial charge in [0, 0.05) is 24.8 Å². The molecule has 1 aliphatic heterocycles. The van der Waals surface area contributed by atoms with Crippen molar-refractivity contribution in [1.82, 2.24) is 24.0 Å². The maximum atomic E-state index is 13.7. The van der Waals surface area contributed by atoms with Crippen molar-refractivity contribution < 1.29 is 17.3 Å². The van der Waals surface area contributed by atoms with Gasteiger partial charge in [-0.15, -0.1) is 0 Å². The summed E-state index contributed by atoms with van der Waals surface area (Å²) in [5.41, 5.74) is 1.02. The standard InChI is InChI=1S/C18H20FN5O3S/c1-13-5-6-14(9-15(13)19)18-21-16(22-27-18)10-23-11-17(20-12-23)28(25,26)24-7-3-2-4-8-24/h5-6,9,11-12H,2-4,7-8,10H2,1H3. The molecule has 2 aromatic heterocycles. The van der Waals surface area contributed by atoms with Crippen LogP contribution in [0.3, 0.4) is 0 Å². The van der Waals surface area contributed by atoms with Crippen molar-refractivity contribution in [1.29, 1.82) is 0 Å². The summed E-state index contributed by atoms with van der Waals surface area (Å²) in [5.74, 6) is 0.199. The fourth-order valence-corrected chi connectivity index (χ4v) is 4.57. The minimum Gasteiger partial charge on any atom is -0.334 e. The molecule has 0 aliphatic carbocycles. The van der Waals surface area contributed by atoms with Crippen LogP contribution in [0.2, 0.25) is 0 Å². The summed E-state index contributed by atoms with van der Waals surface area (Å²) in [7, 11) is -3.58. The second-order valence-electron chi connectivity index (χ2n) is 6.83. The Morgan fingerprint density at radius 3 is 2.75 bits per heavy atom. The van der Waals surface area contributed by atoms with Crippen LogP contribution in [-0.4, -0.2) is 45.5 Å². The van der Waals surface area contributed by atoms with Crippen LogP contribution in [-0.2, 0) is 16.6 Å². The molecule has 3 aromatic rings. The van der Waals surface area contributed by atoms with E-state index in [4.69, 9.17) is 4.52 Å². The van der Waals surface area contributed by atoms with Gasteiger partial charge in [0.2, 0.25) is 0 Å². The van der Waals surface area contributed by atoms with Gasteiger partial charge in [0.15, 0.2) is 10.9 Å². The van der Waals surface area contributed by atoms with Crippen molar-refractivity contribution in [3.63, 3.8) is 0 Å². The largest absolute Gasteiger partial charge is 0.334 e. The Morgan fingerprint density at radius 2 is 2.00 bits per heavy atom. The molecule has 8 nitrogen and oxygen atoms in total. The summed E-state index contributed by atoms with van der Waals surface area (Å²) in [4.78, 5) is 8.30. The van der Waals surface area contributed by atoms with Crippen LogP contribution in [0, 0.1) is 12.7 Å². The molecule has 0 radical (unpaired) electrons. The Balaban J connectivity index is 1.50. The zero-order chi connectivity index (χ0) is 19.7. The number of hydrogen-bond donors (Lipinski definition) is 0. The topological polar surface area (TPSA) is 94.1 Å². The number of rotatable bonds is 5. The Kier molecular flexibility index (Phi) is 4.98. The number of aryl methyl sites for hydroxylation is 1. The predicted octanol–water partition coefficient (Wildman–Crippen LogP) is 2.60. The highest BCUT2D eigenvalue weighted by Crippen LogP contribution is 2.21. The molecule has 1 saturated heterocycles. The van der Waals surface area contributed by atoms with Crippen LogP contribution in [0.15, 0.2) is 40.3 Å². The number of halogens is 1. The minimum absolute atomic E-state index is 0.0127. The number of aromatic nitrogens is 4. The third-order valence-corrected chi connectivity index (χ3v) is 6.52. The number of sulfonamides is 1. The quantitative estimate of drug-likeness (QED) is 0.648. The molecule has 0 unspecified atom stereocenters. The summed E-state index contributed by atoms with van der Waals surface area (Å²) >= 11 is 0. The molecule has 0 atom stereocenters. The Labute approximate surface area is 162 Å². The Morgan fingerprint density at radius 1 is 1.21 bits per heavy atom. The van der Waals surface area contributed by atoms with Gasteiger partial charge in [-0.2, -0.15) is 9.29 Å². The molecule has 0 bridgehead atoms. The van der Waals surface area contributed by atoms with Crippen LogP contribution in [0.4, 0.5) is 4.39 Å². The number of imidazole rings is 1. The first-order valence-corrected chi connectivity index (χ1v) is 10.5. The Hall–Kier alpha value is -2.59. The Bertz CT molecular complexity index is 1090. The maximum absolute atomic E-state index is 13.7. The zero-order valence-corrected chi connectivity index (χ0v) is 16.2. The van der Waals surface area contributed by atoms with Gasteiger partial charge in [-0.3, -0.25) is 0 Å². The highest BCUT2D eigenvalue weighted by molar-refractivity contribution is 7.89. The van der Waals surface area contributed by atoms with E-state index in [9.17, 15) is 12.8 Å². The number of hydrogen-bond acceptors (Lipinski definition) is 6. The van der Waals surface area contributed by atoms with Gasteiger partial charge >= 0.3 is 0 Å². The molecular weight excluding hydrogens is 385 g/mol. The third-order valence-electron chi connectivity index (χ3n) is 4.74. The molecule has 10 heteroatoms. The molecular formula is C18H20FN5O3S. The molecule has 1 aliphatic rings. The molecule has 28 heavy (non-hydrogen) atoms. The van der Waals surface area contributed by atoms with Crippen molar-refractivity contribution in [3.05, 3.63) is 47.9 Å². The lowest BCUT2D eigenvalue weighted by Gasteiger charge is -2.24. The van der Waals surface area contributed by atoms with E-state index in [0.717, 1.165) is 19.3 Å². The normalized spacial score (nSPS) is 15.8. The molecule has 3 heterocycles. The van der Waals surface area contributed by atoms with E-state index in [0.29, 0.717) is 30.0 Å². The van der Waals surface area contributed by atoms with Crippen LogP contribution in [0.1, 0.15) is 30.7 Å². The summed E-state index contributed by atoms with van der Waals surface area (Å²) in [5, 5.41) is 3.90. The van der Waals surface area contributed by atoms with Gasteiger partial charge < -0.3 is 9.09 Å². The van der Waals surface area contributed by atoms with E-state index in [1.807, 2.05) is 0 Å². The molecule has 0 N–H and O–H groups in total. The van der Waals surface area contributed by atoms with Crippen LogP contribution in [0.5, 0.6) is 0 Å². The van der Waals surface area contributed by atoms with Crippen molar-refractivity contribution in [3.8, 4) is 11.5 Å². The summed E-state index contributed by atoms with van der Waals surface area (Å²) < 4.78 is 47.3. The van der Waals surface area contributed by atoms with Gasteiger partial charge in [0.25, 0.3) is 15.9 Å². The van der Waals surface area contributed by atoms with Crippen molar-refractivity contribution >= 4 is 10.0 Å². The second-order valence-corrected chi connectivity index (χ2v) is 8.71. The van der Waals surface area contributed by atoms with E-state index in [1.54, 1.807) is 23.6 Å². The smallest absolute Gasteiger partial charge is 0.262 e. The van der Waals surface area contributed by atoms with Crippen LogP contribution >= 0.6 is 0 Å². The lowest BCUT2D eigenvalue weighted by molar-refractivity contribution is 0.345. The summed E-state index contributed by atoms with van der Waals surface area (Å²) in [6.07, 6.45) is 5.67. The molecule has 0 spiro atoms. The minimum atomic E-state index is -3.58. The van der Waals surface area contributed by atoms with E-state index in [-0.39, 0.29) is 23.3 Å². The highest BCUT2D eigenvalue weighted by atomic mass is 32.2. The predicted molar refractivity (Wildman–Crippen MR) is 98.4 cm³/mol. The van der Waals surface area contributed by atoms with E-state index < -0.39 is 10.0 Å². The van der Waals surface area contributed by atoms with E-state index >= 15 is 0 Å². The van der Waals surface area contributed by atoms with Crippen molar-refractivity contribution in [2.45, 2.75) is 37.8 Å². The molecule has 0 amide bonds. The molecule has 1 fully saturated rings. The zero-order valence-electron chi connectivity index (χ0n) is 15.4. The van der Waals surface area contributed by atoms with E-state index in [1.165, 1.54) is 22.9 Å². The van der Waals surface area contributed by atoms with Crippen LogP contribution in [0.25, 0.3) is 11.5 Å². The van der Waals surface area contributed by atoms with Gasteiger partial charge in [0.1, 0.15) is 5.82 Å². The molecule has 148 valence electrons. The molecule has 4 rings (SSSR count). The second kappa shape index (κ2) is 7.44. The van der Waals surface area contributed by atoms with E-state index in [2.05, 4.69) is 15.1 Å². The highest BCUT2D eigenvalue weighted by Gasteiger charge is 2.28. The maximum Gasteiger partial charge on any atom is 0.262 e. The van der Waals surface area contributed by atoms with Crippen LogP contribution < -0.4 is 0 Å². The first-order chi connectivity index (χ1) is 13.4. The monoisotopic (exact) mass is 405 g/mol. The third kappa shape index (κ3) is 3.69. The number of nitrogens with zero attached hydrogens (tertiary/aromatic N) is 5. The average molecular weight is 405 g/mol. The first kappa shape index (κ1) is 18.8. The summed E-state index contributed by atoms with van der Waals surface area (Å²) in [6.45, 7) is 2.92. The number of piperidine rings is 1. The fraction of sp³-hybridized carbons (Fsp3) is 0.389. The average Bonchev–Trinajstić information content (AvgIpc) is 3.35.